The van der Waals surface area contributed by atoms with Gasteiger partial charge in [-0.25, -0.2) is 0 Å². The molecule has 0 amide bonds. The van der Waals surface area contributed by atoms with Crippen molar-refractivity contribution in [3.63, 3.8) is 0 Å². The number of alkyl halides is 1. The molecule has 0 heterocycles. The molecule has 0 aliphatic rings. The number of allylic oxidation sites excluding steroid dienone is 1. The van der Waals surface area contributed by atoms with Crippen molar-refractivity contribution in [2.45, 2.75) is 6.42 Å². The molecule has 2 aromatic carbocycles. The summed E-state index contributed by atoms with van der Waals surface area (Å²) in [6, 6.07) is 15.0. The maximum Gasteiger partial charge on any atom is 0.00660 e. The number of rotatable bonds is 3. The normalized spacial score (nSPS) is 11.3. The van der Waals surface area contributed by atoms with Crippen molar-refractivity contribution in [2.24, 2.45) is 0 Å². The van der Waals surface area contributed by atoms with Gasteiger partial charge in [-0.05, 0) is 28.8 Å². The van der Waals surface area contributed by atoms with Crippen LogP contribution in [0.2, 0.25) is 0 Å². The van der Waals surface area contributed by atoms with Crippen LogP contribution >= 0.6 is 15.9 Å². The molecule has 0 saturated heterocycles. The first-order valence-electron chi connectivity index (χ1n) is 5.11. The second-order valence-electron chi connectivity index (χ2n) is 3.49. The van der Waals surface area contributed by atoms with Crippen molar-refractivity contribution in [3.05, 3.63) is 54.1 Å². The zero-order chi connectivity index (χ0) is 10.5. The van der Waals surface area contributed by atoms with E-state index in [-0.39, 0.29) is 0 Å². The van der Waals surface area contributed by atoms with Gasteiger partial charge >= 0.3 is 0 Å². The van der Waals surface area contributed by atoms with E-state index in [1.54, 1.807) is 0 Å². The van der Waals surface area contributed by atoms with Gasteiger partial charge < -0.3 is 0 Å². The maximum absolute atomic E-state index is 3.41. The first-order chi connectivity index (χ1) is 7.40. The molecular formula is C14H13Br. The molecule has 0 spiro atoms. The Morgan fingerprint density at radius 3 is 2.60 bits per heavy atom. The van der Waals surface area contributed by atoms with E-state index in [0.29, 0.717) is 0 Å². The van der Waals surface area contributed by atoms with E-state index in [2.05, 4.69) is 70.5 Å². The Hall–Kier alpha value is -1.08. The van der Waals surface area contributed by atoms with Crippen LogP contribution in [0, 0.1) is 0 Å². The number of fused-ring (bicyclic) bond motifs is 1. The standard InChI is InChI=1S/C14H13Br/c15-10-4-3-5-12-8-9-13-6-1-2-7-14(13)11-12/h1-3,5-9,11H,4,10H2/b5-3+. The Bertz CT molecular complexity index is 471. The molecule has 0 bridgehead atoms. The van der Waals surface area contributed by atoms with Crippen molar-refractivity contribution in [1.29, 1.82) is 0 Å². The summed E-state index contributed by atoms with van der Waals surface area (Å²) in [5, 5.41) is 3.63. The molecule has 2 rings (SSSR count). The molecule has 0 aromatic heterocycles. The van der Waals surface area contributed by atoms with Gasteiger partial charge in [-0.15, -0.1) is 0 Å². The van der Waals surface area contributed by atoms with Crippen LogP contribution in [0.3, 0.4) is 0 Å². The van der Waals surface area contributed by atoms with Crippen LogP contribution in [0.5, 0.6) is 0 Å². The largest absolute Gasteiger partial charge is 0.0925 e. The van der Waals surface area contributed by atoms with E-state index in [9.17, 15) is 0 Å². The van der Waals surface area contributed by atoms with Crippen LogP contribution in [0.15, 0.2) is 48.5 Å². The zero-order valence-electron chi connectivity index (χ0n) is 8.49. The van der Waals surface area contributed by atoms with E-state index in [0.717, 1.165) is 11.8 Å². The average molecular weight is 261 g/mol. The second-order valence-corrected chi connectivity index (χ2v) is 4.28. The highest BCUT2D eigenvalue weighted by Crippen LogP contribution is 2.16. The molecule has 0 aliphatic carbocycles. The van der Waals surface area contributed by atoms with Gasteiger partial charge in [0.2, 0.25) is 0 Å². The zero-order valence-corrected chi connectivity index (χ0v) is 10.1. The first-order valence-corrected chi connectivity index (χ1v) is 6.23. The third-order valence-corrected chi connectivity index (χ3v) is 2.82. The molecule has 0 saturated carbocycles. The fraction of sp³-hybridized carbons (Fsp3) is 0.143. The molecule has 0 fully saturated rings. The van der Waals surface area contributed by atoms with Gasteiger partial charge in [0.1, 0.15) is 0 Å². The molecule has 0 unspecified atom stereocenters. The van der Waals surface area contributed by atoms with Crippen LogP contribution in [-0.2, 0) is 0 Å². The Balaban J connectivity index is 2.30. The molecular weight excluding hydrogens is 248 g/mol. The lowest BCUT2D eigenvalue weighted by molar-refractivity contribution is 1.27. The predicted molar refractivity (Wildman–Crippen MR) is 71.4 cm³/mol. The summed E-state index contributed by atoms with van der Waals surface area (Å²) >= 11 is 3.41. The van der Waals surface area contributed by atoms with E-state index < -0.39 is 0 Å². The summed E-state index contributed by atoms with van der Waals surface area (Å²) in [6.45, 7) is 0. The van der Waals surface area contributed by atoms with Crippen LogP contribution in [0.25, 0.3) is 16.8 Å². The topological polar surface area (TPSA) is 0 Å². The summed E-state index contributed by atoms with van der Waals surface area (Å²) in [6.07, 6.45) is 5.44. The number of halogens is 1. The van der Waals surface area contributed by atoms with E-state index in [4.69, 9.17) is 0 Å². The Morgan fingerprint density at radius 2 is 1.80 bits per heavy atom. The van der Waals surface area contributed by atoms with Crippen LogP contribution in [0.1, 0.15) is 12.0 Å². The lowest BCUT2D eigenvalue weighted by Crippen LogP contribution is -1.75. The van der Waals surface area contributed by atoms with Crippen LogP contribution in [-0.4, -0.2) is 5.33 Å². The molecule has 15 heavy (non-hydrogen) atoms. The highest BCUT2D eigenvalue weighted by molar-refractivity contribution is 9.09. The minimum absolute atomic E-state index is 1.02. The fourth-order valence-electron chi connectivity index (χ4n) is 1.59. The monoisotopic (exact) mass is 260 g/mol. The van der Waals surface area contributed by atoms with Gasteiger partial charge in [-0.1, -0.05) is 64.5 Å². The molecule has 0 radical (unpaired) electrons. The molecule has 0 N–H and O–H groups in total. The smallest absolute Gasteiger partial charge is 0.00660 e. The maximum atomic E-state index is 3.41. The summed E-state index contributed by atoms with van der Waals surface area (Å²) in [5.74, 6) is 0. The fourth-order valence-corrected chi connectivity index (χ4v) is 1.86. The second kappa shape index (κ2) is 5.13. The molecule has 0 atom stereocenters. The first kappa shape index (κ1) is 10.4. The molecule has 1 heteroatoms. The predicted octanol–water partition coefficient (Wildman–Crippen LogP) is 4.64. The SMILES string of the molecule is BrCC/C=C/c1ccc2ccccc2c1. The molecule has 0 aliphatic heterocycles. The summed E-state index contributed by atoms with van der Waals surface area (Å²) in [7, 11) is 0. The van der Waals surface area contributed by atoms with Crippen molar-refractivity contribution >= 4 is 32.8 Å². The molecule has 0 nitrogen and oxygen atoms in total. The van der Waals surface area contributed by atoms with Gasteiger partial charge in [0, 0.05) is 5.33 Å². The van der Waals surface area contributed by atoms with Gasteiger partial charge in [-0.3, -0.25) is 0 Å². The average Bonchev–Trinajstić information content (AvgIpc) is 2.29. The highest BCUT2D eigenvalue weighted by Gasteiger charge is 1.92. The highest BCUT2D eigenvalue weighted by atomic mass is 79.9. The lowest BCUT2D eigenvalue weighted by Gasteiger charge is -1.98. The Morgan fingerprint density at radius 1 is 1.00 bits per heavy atom. The Kier molecular flexibility index (Phi) is 3.57. The minimum Gasteiger partial charge on any atom is -0.0925 e. The van der Waals surface area contributed by atoms with Crippen molar-refractivity contribution in [1.82, 2.24) is 0 Å². The third kappa shape index (κ3) is 2.69. The van der Waals surface area contributed by atoms with Crippen molar-refractivity contribution in [3.8, 4) is 0 Å². The van der Waals surface area contributed by atoms with Gasteiger partial charge in [0.15, 0.2) is 0 Å². The lowest BCUT2D eigenvalue weighted by atomic mass is 10.1. The minimum atomic E-state index is 1.02. The van der Waals surface area contributed by atoms with Crippen molar-refractivity contribution in [2.75, 3.05) is 5.33 Å². The number of hydrogen-bond donors (Lipinski definition) is 0. The van der Waals surface area contributed by atoms with Gasteiger partial charge in [-0.2, -0.15) is 0 Å². The third-order valence-electron chi connectivity index (χ3n) is 2.36. The number of benzene rings is 2. The van der Waals surface area contributed by atoms with E-state index in [1.165, 1.54) is 16.3 Å². The van der Waals surface area contributed by atoms with Crippen LogP contribution in [0.4, 0.5) is 0 Å². The van der Waals surface area contributed by atoms with Gasteiger partial charge in [0.05, 0.1) is 0 Å². The van der Waals surface area contributed by atoms with Crippen LogP contribution < -0.4 is 0 Å². The van der Waals surface area contributed by atoms with Gasteiger partial charge in [0.25, 0.3) is 0 Å². The van der Waals surface area contributed by atoms with Crippen molar-refractivity contribution < 1.29 is 0 Å². The molecule has 2 aromatic rings. The summed E-state index contributed by atoms with van der Waals surface area (Å²) in [5.41, 5.74) is 1.27. The summed E-state index contributed by atoms with van der Waals surface area (Å²) in [4.78, 5) is 0. The quantitative estimate of drug-likeness (QED) is 0.706. The van der Waals surface area contributed by atoms with E-state index in [1.807, 2.05) is 0 Å². The van der Waals surface area contributed by atoms with E-state index >= 15 is 0 Å². The summed E-state index contributed by atoms with van der Waals surface area (Å²) < 4.78 is 0. The number of hydrogen-bond acceptors (Lipinski definition) is 0. The Labute approximate surface area is 98.8 Å². The molecule has 76 valence electrons.